The predicted octanol–water partition coefficient (Wildman–Crippen LogP) is 4.63. The zero-order valence-electron chi connectivity index (χ0n) is 15.1. The van der Waals surface area contributed by atoms with Gasteiger partial charge in [0.25, 0.3) is 0 Å². The molecule has 0 aliphatic carbocycles. The number of rotatable bonds is 11. The van der Waals surface area contributed by atoms with Crippen LogP contribution in [0.2, 0.25) is 0 Å². The first kappa shape index (κ1) is 20.6. The average molecular weight is 300 g/mol. The lowest BCUT2D eigenvalue weighted by molar-refractivity contribution is -0.131. The van der Waals surface area contributed by atoms with E-state index in [1.165, 1.54) is 12.8 Å². The van der Waals surface area contributed by atoms with Gasteiger partial charge in [0.2, 0.25) is 0 Å². The Kier molecular flexibility index (Phi) is 10.1. The van der Waals surface area contributed by atoms with Crippen LogP contribution in [0.1, 0.15) is 73.6 Å². The molecule has 0 atom stereocenters. The summed E-state index contributed by atoms with van der Waals surface area (Å²) in [5.74, 6) is 0.164. The molecule has 0 heterocycles. The van der Waals surface area contributed by atoms with Gasteiger partial charge in [-0.25, -0.2) is 0 Å². The maximum absolute atomic E-state index is 11.6. The van der Waals surface area contributed by atoms with E-state index in [2.05, 4.69) is 20.8 Å². The lowest BCUT2D eigenvalue weighted by Crippen LogP contribution is -2.25. The van der Waals surface area contributed by atoms with E-state index in [-0.39, 0.29) is 17.8 Å². The topological polar surface area (TPSA) is 35.5 Å². The van der Waals surface area contributed by atoms with E-state index < -0.39 is 0 Å². The third kappa shape index (κ3) is 14.3. The molecule has 0 aromatic rings. The first-order chi connectivity index (χ1) is 9.63. The number of unbranched alkanes of at least 4 members (excludes halogenated alkanes) is 2. The number of hydrogen-bond donors (Lipinski definition) is 0. The summed E-state index contributed by atoms with van der Waals surface area (Å²) in [5, 5.41) is 0. The normalized spacial score (nSPS) is 12.7. The van der Waals surface area contributed by atoms with Gasteiger partial charge < -0.3 is 9.47 Å². The van der Waals surface area contributed by atoms with Gasteiger partial charge in [-0.15, -0.1) is 0 Å². The second-order valence-corrected chi connectivity index (χ2v) is 8.06. The second kappa shape index (κ2) is 10.3. The van der Waals surface area contributed by atoms with Crippen LogP contribution in [0.15, 0.2) is 0 Å². The first-order valence-corrected chi connectivity index (χ1v) is 8.32. The third-order valence-corrected chi connectivity index (χ3v) is 3.36. The second-order valence-electron chi connectivity index (χ2n) is 8.06. The molecule has 0 bridgehead atoms. The predicted molar refractivity (Wildman–Crippen MR) is 88.6 cm³/mol. The smallest absolute Gasteiger partial charge is 0.163 e. The van der Waals surface area contributed by atoms with Crippen molar-refractivity contribution in [1.29, 1.82) is 0 Å². The van der Waals surface area contributed by atoms with Gasteiger partial charge in [0.1, 0.15) is 6.61 Å². The highest BCUT2D eigenvalue weighted by atomic mass is 16.5. The Morgan fingerprint density at radius 2 is 1.24 bits per heavy atom. The number of hydrogen-bond acceptors (Lipinski definition) is 3. The third-order valence-electron chi connectivity index (χ3n) is 3.36. The van der Waals surface area contributed by atoms with Crippen LogP contribution in [-0.2, 0) is 14.3 Å². The molecular weight excluding hydrogens is 264 g/mol. The van der Waals surface area contributed by atoms with Crippen molar-refractivity contribution in [2.45, 2.75) is 73.6 Å². The summed E-state index contributed by atoms with van der Waals surface area (Å²) >= 11 is 0. The SMILES string of the molecule is CC(C)(C)CCCCOCCCCOCC(=O)C(C)(C)C. The number of Topliss-reactive ketones (excluding diaryl/α,β-unsaturated/α-hetero) is 1. The molecule has 21 heavy (non-hydrogen) atoms. The van der Waals surface area contributed by atoms with Crippen LogP contribution >= 0.6 is 0 Å². The van der Waals surface area contributed by atoms with Gasteiger partial charge in [-0.1, -0.05) is 48.0 Å². The number of carbonyl (C=O) groups is 1. The van der Waals surface area contributed by atoms with Crippen LogP contribution < -0.4 is 0 Å². The highest BCUT2D eigenvalue weighted by Gasteiger charge is 2.20. The average Bonchev–Trinajstić information content (AvgIpc) is 2.33. The van der Waals surface area contributed by atoms with E-state index >= 15 is 0 Å². The van der Waals surface area contributed by atoms with E-state index in [1.54, 1.807) is 0 Å². The first-order valence-electron chi connectivity index (χ1n) is 8.32. The summed E-state index contributed by atoms with van der Waals surface area (Å²) in [4.78, 5) is 11.6. The molecule has 0 saturated heterocycles. The molecule has 3 nitrogen and oxygen atoms in total. The zero-order valence-corrected chi connectivity index (χ0v) is 15.1. The molecule has 0 spiro atoms. The van der Waals surface area contributed by atoms with E-state index in [1.807, 2.05) is 20.8 Å². The largest absolute Gasteiger partial charge is 0.381 e. The van der Waals surface area contributed by atoms with Crippen LogP contribution in [0.3, 0.4) is 0 Å². The van der Waals surface area contributed by atoms with E-state index in [4.69, 9.17) is 9.47 Å². The molecular formula is C18H36O3. The summed E-state index contributed by atoms with van der Waals surface area (Å²) in [6.45, 7) is 15.1. The Balaban J connectivity index is 3.25. The summed E-state index contributed by atoms with van der Waals surface area (Å²) in [7, 11) is 0. The molecule has 0 aliphatic rings. The van der Waals surface area contributed by atoms with Crippen molar-refractivity contribution in [3.05, 3.63) is 0 Å². The molecule has 0 aromatic heterocycles. The number of ether oxygens (including phenoxy) is 2. The van der Waals surface area contributed by atoms with Crippen molar-refractivity contribution in [3.8, 4) is 0 Å². The van der Waals surface area contributed by atoms with Crippen LogP contribution in [0.25, 0.3) is 0 Å². The molecule has 3 heteroatoms. The number of carbonyl (C=O) groups excluding carboxylic acids is 1. The highest BCUT2D eigenvalue weighted by molar-refractivity contribution is 5.84. The monoisotopic (exact) mass is 300 g/mol. The molecule has 0 aromatic carbocycles. The molecule has 0 saturated carbocycles. The van der Waals surface area contributed by atoms with E-state index in [9.17, 15) is 4.79 Å². The number of ketones is 1. The van der Waals surface area contributed by atoms with Gasteiger partial charge >= 0.3 is 0 Å². The molecule has 0 aliphatic heterocycles. The molecule has 0 N–H and O–H groups in total. The molecule has 0 rings (SSSR count). The fraction of sp³-hybridized carbons (Fsp3) is 0.944. The minimum Gasteiger partial charge on any atom is -0.381 e. The minimum absolute atomic E-state index is 0.164. The fourth-order valence-electron chi connectivity index (χ4n) is 1.75. The Labute approximate surface area is 131 Å². The minimum atomic E-state index is -0.295. The fourth-order valence-corrected chi connectivity index (χ4v) is 1.75. The van der Waals surface area contributed by atoms with Crippen molar-refractivity contribution >= 4 is 5.78 Å². The summed E-state index contributed by atoms with van der Waals surface area (Å²) in [5.41, 5.74) is 0.137. The van der Waals surface area contributed by atoms with Gasteiger partial charge in [-0.05, 0) is 31.1 Å². The van der Waals surface area contributed by atoms with Crippen LogP contribution in [0.5, 0.6) is 0 Å². The highest BCUT2D eigenvalue weighted by Crippen LogP contribution is 2.21. The Bertz CT molecular complexity index is 271. The van der Waals surface area contributed by atoms with E-state index in [0.29, 0.717) is 12.0 Å². The van der Waals surface area contributed by atoms with Crippen molar-refractivity contribution in [3.63, 3.8) is 0 Å². The summed E-state index contributed by atoms with van der Waals surface area (Å²) < 4.78 is 11.0. The Morgan fingerprint density at radius 3 is 1.71 bits per heavy atom. The van der Waals surface area contributed by atoms with E-state index in [0.717, 1.165) is 32.5 Å². The molecule has 0 radical (unpaired) electrons. The maximum atomic E-state index is 11.6. The summed E-state index contributed by atoms with van der Waals surface area (Å²) in [6, 6.07) is 0. The van der Waals surface area contributed by atoms with Gasteiger partial charge in [-0.2, -0.15) is 0 Å². The van der Waals surface area contributed by atoms with Gasteiger partial charge in [0.05, 0.1) is 0 Å². The lowest BCUT2D eigenvalue weighted by Gasteiger charge is -2.17. The zero-order chi connectivity index (χ0) is 16.4. The Morgan fingerprint density at radius 1 is 0.762 bits per heavy atom. The molecule has 0 amide bonds. The van der Waals surface area contributed by atoms with Crippen molar-refractivity contribution in [2.24, 2.45) is 10.8 Å². The van der Waals surface area contributed by atoms with Crippen LogP contribution in [-0.4, -0.2) is 32.2 Å². The van der Waals surface area contributed by atoms with Crippen molar-refractivity contribution in [1.82, 2.24) is 0 Å². The van der Waals surface area contributed by atoms with Gasteiger partial charge in [0.15, 0.2) is 5.78 Å². The standard InChI is InChI=1S/C18H36O3/c1-17(2,3)11-7-8-12-20-13-9-10-14-21-15-16(19)18(4,5)6/h7-15H2,1-6H3. The van der Waals surface area contributed by atoms with Gasteiger partial charge in [-0.3, -0.25) is 4.79 Å². The molecule has 0 fully saturated rings. The maximum Gasteiger partial charge on any atom is 0.163 e. The van der Waals surface area contributed by atoms with Crippen molar-refractivity contribution in [2.75, 3.05) is 26.4 Å². The van der Waals surface area contributed by atoms with Crippen molar-refractivity contribution < 1.29 is 14.3 Å². The molecule has 126 valence electrons. The quantitative estimate of drug-likeness (QED) is 0.522. The van der Waals surface area contributed by atoms with Crippen LogP contribution in [0, 0.1) is 10.8 Å². The summed E-state index contributed by atoms with van der Waals surface area (Å²) in [6.07, 6.45) is 5.60. The Hall–Kier alpha value is -0.410. The van der Waals surface area contributed by atoms with Gasteiger partial charge in [0, 0.05) is 25.2 Å². The van der Waals surface area contributed by atoms with Crippen LogP contribution in [0.4, 0.5) is 0 Å². The molecule has 0 unspecified atom stereocenters. The lowest BCUT2D eigenvalue weighted by atomic mass is 9.90.